The second-order valence-corrected chi connectivity index (χ2v) is 3.95. The van der Waals surface area contributed by atoms with E-state index in [0.29, 0.717) is 16.4 Å². The third kappa shape index (κ3) is 2.30. The summed E-state index contributed by atoms with van der Waals surface area (Å²) in [6.07, 6.45) is 1.81. The molecule has 16 heavy (non-hydrogen) atoms. The van der Waals surface area contributed by atoms with Gasteiger partial charge >= 0.3 is 0 Å². The smallest absolute Gasteiger partial charge is 0.252 e. The van der Waals surface area contributed by atoms with Crippen molar-refractivity contribution in [3.8, 4) is 11.3 Å². The van der Waals surface area contributed by atoms with Gasteiger partial charge in [0.1, 0.15) is 5.82 Å². The van der Waals surface area contributed by atoms with E-state index in [1.807, 2.05) is 6.26 Å². The molecule has 0 aliphatic carbocycles. The van der Waals surface area contributed by atoms with Crippen LogP contribution in [0.3, 0.4) is 0 Å². The minimum Gasteiger partial charge on any atom is -0.301 e. The lowest BCUT2D eigenvalue weighted by Gasteiger charge is -2.02. The lowest BCUT2D eigenvalue weighted by molar-refractivity contribution is 0.628. The van der Waals surface area contributed by atoms with Gasteiger partial charge in [0.15, 0.2) is 5.16 Å². The molecule has 1 aromatic carbocycles. The van der Waals surface area contributed by atoms with Crippen LogP contribution in [0.15, 0.2) is 40.3 Å². The first-order valence-electron chi connectivity index (χ1n) is 4.60. The number of hydrogen-bond donors (Lipinski definition) is 1. The third-order valence-corrected chi connectivity index (χ3v) is 2.61. The van der Waals surface area contributed by atoms with Gasteiger partial charge in [-0.3, -0.25) is 4.79 Å². The summed E-state index contributed by atoms with van der Waals surface area (Å²) in [5.41, 5.74) is 0.840. The predicted octanol–water partition coefficient (Wildman–Crippen LogP) is 2.30. The monoisotopic (exact) mass is 236 g/mol. The van der Waals surface area contributed by atoms with Gasteiger partial charge in [-0.15, -0.1) is 0 Å². The Morgan fingerprint density at radius 1 is 1.38 bits per heavy atom. The molecule has 3 nitrogen and oxygen atoms in total. The van der Waals surface area contributed by atoms with E-state index in [9.17, 15) is 9.18 Å². The molecule has 0 atom stereocenters. The second-order valence-electron chi connectivity index (χ2n) is 3.15. The van der Waals surface area contributed by atoms with Gasteiger partial charge in [-0.05, 0) is 18.4 Å². The summed E-state index contributed by atoms with van der Waals surface area (Å²) in [6.45, 7) is 0. The molecule has 0 bridgehead atoms. The van der Waals surface area contributed by atoms with Crippen LogP contribution >= 0.6 is 11.8 Å². The first kappa shape index (κ1) is 10.9. The third-order valence-electron chi connectivity index (χ3n) is 2.03. The van der Waals surface area contributed by atoms with Crippen LogP contribution in [-0.2, 0) is 0 Å². The average Bonchev–Trinajstić information content (AvgIpc) is 2.28. The molecule has 0 fully saturated rings. The van der Waals surface area contributed by atoms with Crippen LogP contribution in [0.5, 0.6) is 0 Å². The van der Waals surface area contributed by atoms with Gasteiger partial charge in [-0.1, -0.05) is 23.9 Å². The minimum absolute atomic E-state index is 0.237. The van der Waals surface area contributed by atoms with Crippen LogP contribution in [-0.4, -0.2) is 16.2 Å². The summed E-state index contributed by atoms with van der Waals surface area (Å²) < 4.78 is 13.0. The van der Waals surface area contributed by atoms with Crippen molar-refractivity contribution in [2.75, 3.05) is 6.26 Å². The van der Waals surface area contributed by atoms with Gasteiger partial charge in [-0.2, -0.15) is 0 Å². The summed E-state index contributed by atoms with van der Waals surface area (Å²) in [5, 5.41) is 0.520. The summed E-state index contributed by atoms with van der Waals surface area (Å²) >= 11 is 1.34. The Labute approximate surface area is 95.7 Å². The van der Waals surface area contributed by atoms with E-state index in [-0.39, 0.29) is 11.4 Å². The highest BCUT2D eigenvalue weighted by Gasteiger charge is 2.04. The lowest BCUT2D eigenvalue weighted by atomic mass is 10.1. The fourth-order valence-electron chi connectivity index (χ4n) is 1.33. The maximum absolute atomic E-state index is 13.0. The standard InChI is InChI=1S/C11H9FN2OS/c1-16-11-13-9(6-10(15)14-11)7-3-2-4-8(12)5-7/h2-6H,1H3,(H,13,14,15). The minimum atomic E-state index is -0.342. The average molecular weight is 236 g/mol. The highest BCUT2D eigenvalue weighted by molar-refractivity contribution is 7.98. The molecule has 5 heteroatoms. The predicted molar refractivity (Wildman–Crippen MR) is 62.0 cm³/mol. The molecular formula is C11H9FN2OS. The van der Waals surface area contributed by atoms with Gasteiger partial charge in [0.2, 0.25) is 0 Å². The van der Waals surface area contributed by atoms with E-state index in [0.717, 1.165) is 0 Å². The Kier molecular flexibility index (Phi) is 3.05. The van der Waals surface area contributed by atoms with E-state index < -0.39 is 0 Å². The van der Waals surface area contributed by atoms with Crippen molar-refractivity contribution in [3.05, 3.63) is 46.5 Å². The van der Waals surface area contributed by atoms with Crippen molar-refractivity contribution in [2.24, 2.45) is 0 Å². The fourth-order valence-corrected chi connectivity index (χ4v) is 1.72. The van der Waals surface area contributed by atoms with E-state index >= 15 is 0 Å². The molecule has 1 aromatic heterocycles. The van der Waals surface area contributed by atoms with E-state index in [2.05, 4.69) is 9.97 Å². The number of rotatable bonds is 2. The molecule has 0 spiro atoms. The van der Waals surface area contributed by atoms with Crippen LogP contribution in [0.1, 0.15) is 0 Å². The van der Waals surface area contributed by atoms with E-state index in [1.165, 1.54) is 30.0 Å². The molecule has 0 radical (unpaired) electrons. The van der Waals surface area contributed by atoms with Crippen molar-refractivity contribution in [3.63, 3.8) is 0 Å². The Bertz CT molecular complexity index is 568. The van der Waals surface area contributed by atoms with Crippen LogP contribution in [0.4, 0.5) is 4.39 Å². The molecule has 1 N–H and O–H groups in total. The van der Waals surface area contributed by atoms with Crippen LogP contribution in [0.25, 0.3) is 11.3 Å². The van der Waals surface area contributed by atoms with Crippen molar-refractivity contribution in [1.29, 1.82) is 0 Å². The zero-order valence-electron chi connectivity index (χ0n) is 8.53. The number of benzene rings is 1. The first-order chi connectivity index (χ1) is 7.69. The number of nitrogens with one attached hydrogen (secondary N) is 1. The maximum atomic E-state index is 13.0. The van der Waals surface area contributed by atoms with E-state index in [4.69, 9.17) is 0 Å². The van der Waals surface area contributed by atoms with Gasteiger partial charge in [-0.25, -0.2) is 9.37 Å². The van der Waals surface area contributed by atoms with Crippen molar-refractivity contribution >= 4 is 11.8 Å². The number of aromatic nitrogens is 2. The fraction of sp³-hybridized carbons (Fsp3) is 0.0909. The summed E-state index contributed by atoms with van der Waals surface area (Å²) in [7, 11) is 0. The van der Waals surface area contributed by atoms with Crippen molar-refractivity contribution in [2.45, 2.75) is 5.16 Å². The normalized spacial score (nSPS) is 10.4. The number of nitrogens with zero attached hydrogens (tertiary/aromatic N) is 1. The molecular weight excluding hydrogens is 227 g/mol. The second kappa shape index (κ2) is 4.49. The topological polar surface area (TPSA) is 45.8 Å². The zero-order chi connectivity index (χ0) is 11.5. The molecule has 82 valence electrons. The van der Waals surface area contributed by atoms with Gasteiger partial charge in [0.05, 0.1) is 5.69 Å². The molecule has 0 aliphatic rings. The Hall–Kier alpha value is -1.62. The quantitative estimate of drug-likeness (QED) is 0.642. The molecule has 1 heterocycles. The van der Waals surface area contributed by atoms with Crippen molar-refractivity contribution < 1.29 is 4.39 Å². The van der Waals surface area contributed by atoms with E-state index in [1.54, 1.807) is 12.1 Å². The Morgan fingerprint density at radius 3 is 2.88 bits per heavy atom. The largest absolute Gasteiger partial charge is 0.301 e. The number of thioether (sulfide) groups is 1. The van der Waals surface area contributed by atoms with Gasteiger partial charge < -0.3 is 4.98 Å². The first-order valence-corrected chi connectivity index (χ1v) is 5.83. The molecule has 0 unspecified atom stereocenters. The zero-order valence-corrected chi connectivity index (χ0v) is 9.34. The number of aromatic amines is 1. The Balaban J connectivity index is 2.55. The molecule has 2 aromatic rings. The van der Waals surface area contributed by atoms with Crippen molar-refractivity contribution in [1.82, 2.24) is 9.97 Å². The number of hydrogen-bond acceptors (Lipinski definition) is 3. The summed E-state index contributed by atoms with van der Waals surface area (Å²) in [5.74, 6) is -0.342. The number of H-pyrrole nitrogens is 1. The SMILES string of the molecule is CSc1nc(-c2cccc(F)c2)cc(=O)[nH]1. The highest BCUT2D eigenvalue weighted by Crippen LogP contribution is 2.18. The lowest BCUT2D eigenvalue weighted by Crippen LogP contribution is -2.07. The molecule has 0 amide bonds. The summed E-state index contributed by atoms with van der Waals surface area (Å²) in [4.78, 5) is 18.1. The van der Waals surface area contributed by atoms with Crippen LogP contribution in [0, 0.1) is 5.82 Å². The van der Waals surface area contributed by atoms with Gasteiger partial charge in [0.25, 0.3) is 5.56 Å². The molecule has 0 saturated heterocycles. The van der Waals surface area contributed by atoms with Crippen LogP contribution in [0.2, 0.25) is 0 Å². The highest BCUT2D eigenvalue weighted by atomic mass is 32.2. The Morgan fingerprint density at radius 2 is 2.19 bits per heavy atom. The molecule has 0 aliphatic heterocycles. The number of halogens is 1. The maximum Gasteiger partial charge on any atom is 0.252 e. The van der Waals surface area contributed by atoms with Gasteiger partial charge in [0, 0.05) is 11.6 Å². The molecule has 0 saturated carbocycles. The molecule has 2 rings (SSSR count). The van der Waals surface area contributed by atoms with Crippen LogP contribution < -0.4 is 5.56 Å². The summed E-state index contributed by atoms with van der Waals surface area (Å²) in [6, 6.07) is 7.37.